The van der Waals surface area contributed by atoms with Crippen molar-refractivity contribution in [3.05, 3.63) is 59.8 Å². The summed E-state index contributed by atoms with van der Waals surface area (Å²) >= 11 is 0. The third-order valence-corrected chi connectivity index (χ3v) is 4.51. The lowest BCUT2D eigenvalue weighted by atomic mass is 10.2. The van der Waals surface area contributed by atoms with Gasteiger partial charge >= 0.3 is 6.18 Å². The fourth-order valence-corrected chi connectivity index (χ4v) is 3.03. The number of nitrogens with two attached hydrogens (primary N) is 1. The summed E-state index contributed by atoms with van der Waals surface area (Å²) in [5, 5.41) is 19.2. The summed E-state index contributed by atoms with van der Waals surface area (Å²) in [6, 6.07) is 15.7. The number of rotatable bonds is 2. The van der Waals surface area contributed by atoms with Gasteiger partial charge in [0, 0.05) is 6.92 Å². The van der Waals surface area contributed by atoms with Crippen LogP contribution in [0.2, 0.25) is 0 Å². The van der Waals surface area contributed by atoms with Crippen LogP contribution in [0.15, 0.2) is 48.5 Å². The lowest BCUT2D eigenvalue weighted by Crippen LogP contribution is -2.16. The van der Waals surface area contributed by atoms with E-state index in [9.17, 15) is 18.0 Å². The van der Waals surface area contributed by atoms with Gasteiger partial charge in [0.15, 0.2) is 0 Å². The number of fused-ring (bicyclic) bond motifs is 1. The molecule has 0 bridgehead atoms. The molecule has 0 saturated carbocycles. The van der Waals surface area contributed by atoms with Crippen LogP contribution >= 0.6 is 0 Å². The van der Waals surface area contributed by atoms with Crippen molar-refractivity contribution in [3.8, 4) is 6.07 Å². The topological polar surface area (TPSA) is 108 Å². The van der Waals surface area contributed by atoms with Crippen LogP contribution in [0.25, 0.3) is 5.52 Å². The number of amides is 1. The van der Waals surface area contributed by atoms with Crippen molar-refractivity contribution >= 4 is 22.9 Å². The Morgan fingerprint density at radius 1 is 1.09 bits per heavy atom. The van der Waals surface area contributed by atoms with Gasteiger partial charge in [0.2, 0.25) is 0 Å². The van der Waals surface area contributed by atoms with Crippen molar-refractivity contribution in [1.29, 1.82) is 5.26 Å². The number of aromatic nitrogens is 2. The Hall–Kier alpha value is -3.58. The van der Waals surface area contributed by atoms with E-state index in [1.54, 1.807) is 48.5 Å². The maximum Gasteiger partial charge on any atom is 0.386 e. The number of nitrogens with zero attached hydrogens (tertiary/aromatic N) is 3. The fraction of sp³-hybridized carbons (Fsp3) is 0.348. The largest absolute Gasteiger partial charge is 0.386 e. The number of nitrogens with one attached hydrogen (secondary N) is 2. The molecule has 0 spiro atoms. The van der Waals surface area contributed by atoms with E-state index in [1.807, 2.05) is 6.07 Å². The summed E-state index contributed by atoms with van der Waals surface area (Å²) < 4.78 is 32.5. The summed E-state index contributed by atoms with van der Waals surface area (Å²) in [6.45, 7) is 2.69. The normalized spacial score (nSPS) is 13.4. The van der Waals surface area contributed by atoms with Gasteiger partial charge in [-0.1, -0.05) is 25.0 Å². The van der Waals surface area contributed by atoms with Gasteiger partial charge in [0.25, 0.3) is 5.91 Å². The number of nitrogen functional groups attached to an aromatic ring is 1. The zero-order valence-electron chi connectivity index (χ0n) is 18.3. The Morgan fingerprint density at radius 2 is 1.70 bits per heavy atom. The van der Waals surface area contributed by atoms with Crippen molar-refractivity contribution in [3.63, 3.8) is 0 Å². The molecule has 1 aliphatic heterocycles. The van der Waals surface area contributed by atoms with Crippen LogP contribution in [-0.2, 0) is 0 Å². The number of carbonyl (C=O) groups excluding carboxylic acids is 1. The van der Waals surface area contributed by atoms with Crippen LogP contribution in [0.3, 0.4) is 0 Å². The molecule has 1 aromatic carbocycles. The Labute approximate surface area is 190 Å². The molecule has 33 heavy (non-hydrogen) atoms. The van der Waals surface area contributed by atoms with Crippen LogP contribution in [0.1, 0.15) is 48.7 Å². The van der Waals surface area contributed by atoms with Gasteiger partial charge in [-0.25, -0.2) is 4.52 Å². The molecule has 3 heterocycles. The first-order chi connectivity index (χ1) is 15.7. The Balaban J connectivity index is 0.000000264. The highest BCUT2D eigenvalue weighted by molar-refractivity contribution is 6.04. The van der Waals surface area contributed by atoms with Gasteiger partial charge < -0.3 is 16.4 Å². The van der Waals surface area contributed by atoms with Crippen molar-refractivity contribution in [2.45, 2.75) is 38.8 Å². The number of anilines is 2. The van der Waals surface area contributed by atoms with Crippen molar-refractivity contribution in [2.24, 2.45) is 0 Å². The average Bonchev–Trinajstić information content (AvgIpc) is 2.95. The quantitative estimate of drug-likeness (QED) is 0.511. The van der Waals surface area contributed by atoms with E-state index in [2.05, 4.69) is 15.7 Å². The minimum Gasteiger partial charge on any atom is -0.382 e. The summed E-state index contributed by atoms with van der Waals surface area (Å²) in [7, 11) is 0. The van der Waals surface area contributed by atoms with Gasteiger partial charge in [-0.05, 0) is 62.3 Å². The van der Waals surface area contributed by atoms with Gasteiger partial charge in [0.1, 0.15) is 17.6 Å². The molecule has 1 aliphatic rings. The molecule has 7 nitrogen and oxygen atoms in total. The van der Waals surface area contributed by atoms with Crippen LogP contribution in [0, 0.1) is 11.3 Å². The third-order valence-electron chi connectivity index (χ3n) is 4.51. The number of alkyl halides is 3. The van der Waals surface area contributed by atoms with Crippen molar-refractivity contribution in [2.75, 3.05) is 24.1 Å². The third kappa shape index (κ3) is 9.21. The number of benzene rings is 1. The van der Waals surface area contributed by atoms with E-state index in [4.69, 9.17) is 11.0 Å². The van der Waals surface area contributed by atoms with Gasteiger partial charge in [-0.15, -0.1) is 0 Å². The smallest absolute Gasteiger partial charge is 0.382 e. The first kappa shape index (κ1) is 25.7. The van der Waals surface area contributed by atoms with E-state index in [1.165, 1.54) is 43.3 Å². The molecule has 0 atom stereocenters. The van der Waals surface area contributed by atoms with Crippen LogP contribution in [-0.4, -0.2) is 34.8 Å². The minimum absolute atomic E-state index is 0.188. The second kappa shape index (κ2) is 12.5. The standard InChI is InChI=1S/C15H11N5O.C6H13N.C2H3F3/c16-9-10-3-1-2-4-12(10)18-15(21)13-7-5-11-6-8-14(17)19-20(11)13;1-2-4-6-7-5-3-1;1-2(3,4)5/h1-8H,(H2,17,19)(H,18,21);7H,1-6H2;1H3. The molecule has 0 radical (unpaired) electrons. The highest BCUT2D eigenvalue weighted by Crippen LogP contribution is 2.16. The van der Waals surface area contributed by atoms with E-state index in [0.717, 1.165) is 5.52 Å². The second-order valence-corrected chi connectivity index (χ2v) is 7.37. The monoisotopic (exact) mass is 460 g/mol. The molecule has 1 saturated heterocycles. The predicted octanol–water partition coefficient (Wildman–Crippen LogP) is 4.76. The molecular weight excluding hydrogens is 433 g/mol. The minimum atomic E-state index is -4.00. The molecule has 10 heteroatoms. The van der Waals surface area contributed by atoms with Gasteiger partial charge in [0.05, 0.1) is 16.8 Å². The van der Waals surface area contributed by atoms with E-state index < -0.39 is 6.18 Å². The van der Waals surface area contributed by atoms with Crippen molar-refractivity contribution in [1.82, 2.24) is 14.9 Å². The van der Waals surface area contributed by atoms with Gasteiger partial charge in [-0.3, -0.25) is 4.79 Å². The fourth-order valence-electron chi connectivity index (χ4n) is 3.03. The summed E-state index contributed by atoms with van der Waals surface area (Å²) in [4.78, 5) is 12.3. The molecule has 2 aromatic heterocycles. The van der Waals surface area contributed by atoms with Crippen LogP contribution in [0.4, 0.5) is 24.7 Å². The molecule has 176 valence electrons. The first-order valence-electron chi connectivity index (χ1n) is 10.5. The first-order valence-corrected chi connectivity index (χ1v) is 10.5. The lowest BCUT2D eigenvalue weighted by Gasteiger charge is -2.07. The second-order valence-electron chi connectivity index (χ2n) is 7.37. The molecule has 4 N–H and O–H groups in total. The maximum absolute atomic E-state index is 12.3. The highest BCUT2D eigenvalue weighted by Gasteiger charge is 2.15. The van der Waals surface area contributed by atoms with E-state index in [0.29, 0.717) is 22.8 Å². The maximum atomic E-state index is 12.3. The molecule has 3 aromatic rings. The molecule has 1 amide bonds. The zero-order valence-corrected chi connectivity index (χ0v) is 18.3. The number of hydrogen-bond donors (Lipinski definition) is 3. The zero-order chi connectivity index (χ0) is 24.3. The molecular formula is C23H27F3N6O. The number of halogens is 3. The Kier molecular flexibility index (Phi) is 9.69. The van der Waals surface area contributed by atoms with E-state index >= 15 is 0 Å². The van der Waals surface area contributed by atoms with E-state index in [-0.39, 0.29) is 12.8 Å². The van der Waals surface area contributed by atoms with Crippen molar-refractivity contribution < 1.29 is 18.0 Å². The summed E-state index contributed by atoms with van der Waals surface area (Å²) in [6.07, 6.45) is 1.65. The summed E-state index contributed by atoms with van der Waals surface area (Å²) in [5.74, 6) is -0.0269. The average molecular weight is 461 g/mol. The van der Waals surface area contributed by atoms with Crippen LogP contribution < -0.4 is 16.4 Å². The lowest BCUT2D eigenvalue weighted by molar-refractivity contribution is -0.110. The Bertz CT molecular complexity index is 1060. The summed E-state index contributed by atoms with van der Waals surface area (Å²) in [5.41, 5.74) is 7.63. The molecule has 0 unspecified atom stereocenters. The molecule has 0 aliphatic carbocycles. The number of nitriles is 1. The predicted molar refractivity (Wildman–Crippen MR) is 122 cm³/mol. The SMILES string of the molecule is C1CCCNCC1.CC(F)(F)F.N#Cc1ccccc1NC(=O)c1ccc2ccc(N)nn12. The Morgan fingerprint density at radius 3 is 2.33 bits per heavy atom. The number of para-hydroxylation sites is 1. The highest BCUT2D eigenvalue weighted by atomic mass is 19.4. The van der Waals surface area contributed by atoms with Crippen LogP contribution in [0.5, 0.6) is 0 Å². The van der Waals surface area contributed by atoms with Gasteiger partial charge in [-0.2, -0.15) is 23.5 Å². The molecule has 1 fully saturated rings. The molecule has 4 rings (SSSR count). The number of hydrogen-bond acceptors (Lipinski definition) is 5. The number of carbonyl (C=O) groups is 1.